The van der Waals surface area contributed by atoms with Gasteiger partial charge in [0.25, 0.3) is 0 Å². The van der Waals surface area contributed by atoms with E-state index in [1.165, 1.54) is 4.35 Å². The van der Waals surface area contributed by atoms with Crippen molar-refractivity contribution in [1.29, 1.82) is 0 Å². The van der Waals surface area contributed by atoms with Crippen molar-refractivity contribution in [3.63, 3.8) is 0 Å². The SMILES string of the molecule is CC(C)(C)OC(=O)N1CCN(c2ccc([AsH2])cn2)CC1. The van der Waals surface area contributed by atoms with Crippen LogP contribution < -0.4 is 9.25 Å². The number of anilines is 1. The Kier molecular flexibility index (Phi) is 4.58. The van der Waals surface area contributed by atoms with Crippen LogP contribution in [0.1, 0.15) is 20.8 Å². The van der Waals surface area contributed by atoms with Gasteiger partial charge in [-0.15, -0.1) is 0 Å². The van der Waals surface area contributed by atoms with Crippen LogP contribution in [0.2, 0.25) is 0 Å². The molecule has 1 atom stereocenters. The molecule has 5 nitrogen and oxygen atoms in total. The Morgan fingerprint density at radius 3 is 2.40 bits per heavy atom. The Bertz CT molecular complexity index is 462. The summed E-state index contributed by atoms with van der Waals surface area (Å²) in [7, 11) is 0. The van der Waals surface area contributed by atoms with Crippen molar-refractivity contribution < 1.29 is 9.53 Å². The number of aromatic nitrogens is 1. The number of amides is 1. The molecule has 1 amide bonds. The Hall–Kier alpha value is -1.22. The maximum atomic E-state index is 12.0. The number of rotatable bonds is 1. The van der Waals surface area contributed by atoms with Gasteiger partial charge in [0.1, 0.15) is 0 Å². The van der Waals surface area contributed by atoms with E-state index in [1.807, 2.05) is 33.0 Å². The first-order valence-corrected chi connectivity index (χ1v) is 8.01. The number of pyridine rings is 1. The number of piperazine rings is 1. The molecule has 6 heteroatoms. The van der Waals surface area contributed by atoms with Crippen LogP contribution >= 0.6 is 0 Å². The molecule has 1 fully saturated rings. The maximum absolute atomic E-state index is 12.0. The first-order valence-electron chi connectivity index (χ1n) is 6.79. The Balaban J connectivity index is 1.89. The zero-order valence-electron chi connectivity index (χ0n) is 12.3. The van der Waals surface area contributed by atoms with Gasteiger partial charge in [-0.25, -0.2) is 0 Å². The van der Waals surface area contributed by atoms with E-state index in [0.717, 1.165) is 18.9 Å². The molecule has 0 spiro atoms. The van der Waals surface area contributed by atoms with Gasteiger partial charge in [0, 0.05) is 0 Å². The van der Waals surface area contributed by atoms with Gasteiger partial charge in [0.05, 0.1) is 0 Å². The third-order valence-electron chi connectivity index (χ3n) is 3.03. The first kappa shape index (κ1) is 15.2. The molecule has 2 rings (SSSR count). The molecule has 0 aromatic carbocycles. The minimum atomic E-state index is -0.436. The average Bonchev–Trinajstić information content (AvgIpc) is 2.38. The molecule has 1 aromatic rings. The van der Waals surface area contributed by atoms with Crippen molar-refractivity contribution in [2.24, 2.45) is 0 Å². The summed E-state index contributed by atoms with van der Waals surface area (Å²) in [5, 5.41) is 0. The number of carbonyl (C=O) groups is 1. The van der Waals surface area contributed by atoms with Crippen LogP contribution in [0, 0.1) is 0 Å². The summed E-state index contributed by atoms with van der Waals surface area (Å²) in [6, 6.07) is 4.13. The van der Waals surface area contributed by atoms with Gasteiger partial charge in [-0.05, 0) is 0 Å². The molecule has 0 saturated carbocycles. The first-order chi connectivity index (χ1) is 9.35. The van der Waals surface area contributed by atoms with Crippen molar-refractivity contribution in [3.05, 3.63) is 18.3 Å². The summed E-state index contributed by atoms with van der Waals surface area (Å²) in [4.78, 5) is 20.4. The van der Waals surface area contributed by atoms with Crippen LogP contribution in [0.3, 0.4) is 0 Å². The van der Waals surface area contributed by atoms with E-state index in [1.54, 1.807) is 21.8 Å². The molecule has 110 valence electrons. The second kappa shape index (κ2) is 6.04. The second-order valence-electron chi connectivity index (χ2n) is 5.90. The molecular formula is C14H22AsN3O2. The number of hydrogen-bond donors (Lipinski definition) is 0. The monoisotopic (exact) mass is 339 g/mol. The van der Waals surface area contributed by atoms with Gasteiger partial charge in [-0.3, -0.25) is 0 Å². The normalized spacial score (nSPS) is 16.2. The van der Waals surface area contributed by atoms with E-state index in [9.17, 15) is 4.79 Å². The number of carbonyl (C=O) groups excluding carboxylic acids is 1. The molecule has 1 aromatic heterocycles. The molecule has 20 heavy (non-hydrogen) atoms. The van der Waals surface area contributed by atoms with Crippen LogP contribution in [0.15, 0.2) is 18.3 Å². The molecule has 0 bridgehead atoms. The Morgan fingerprint density at radius 2 is 1.90 bits per heavy atom. The van der Waals surface area contributed by atoms with E-state index in [0.29, 0.717) is 13.1 Å². The summed E-state index contributed by atoms with van der Waals surface area (Å²) in [6.45, 7) is 8.60. The van der Waals surface area contributed by atoms with Crippen molar-refractivity contribution in [3.8, 4) is 0 Å². The van der Waals surface area contributed by atoms with Crippen molar-refractivity contribution in [2.45, 2.75) is 26.4 Å². The van der Waals surface area contributed by atoms with Gasteiger partial charge in [0.15, 0.2) is 0 Å². The minimum absolute atomic E-state index is 0.225. The van der Waals surface area contributed by atoms with Gasteiger partial charge >= 0.3 is 128 Å². The van der Waals surface area contributed by atoms with Crippen LogP contribution in [0.4, 0.5) is 10.6 Å². The zero-order valence-corrected chi connectivity index (χ0v) is 14.7. The average molecular weight is 339 g/mol. The van der Waals surface area contributed by atoms with Crippen LogP contribution in [-0.2, 0) is 4.74 Å². The van der Waals surface area contributed by atoms with Crippen molar-refractivity contribution >= 4 is 33.1 Å². The summed E-state index contributed by atoms with van der Waals surface area (Å²) in [6.07, 6.45) is 1.67. The predicted molar refractivity (Wildman–Crippen MR) is 82.4 cm³/mol. The molecule has 0 N–H and O–H groups in total. The molecule has 0 aliphatic carbocycles. The summed E-state index contributed by atoms with van der Waals surface area (Å²) >= 11 is 1.57. The number of nitrogens with zero attached hydrogens (tertiary/aromatic N) is 3. The Labute approximate surface area is 128 Å². The fourth-order valence-corrected chi connectivity index (χ4v) is 2.39. The topological polar surface area (TPSA) is 45.7 Å². The van der Waals surface area contributed by atoms with Crippen LogP contribution in [-0.4, -0.2) is 64.6 Å². The molecule has 1 aliphatic heterocycles. The summed E-state index contributed by atoms with van der Waals surface area (Å²) in [5.41, 5.74) is -0.436. The Morgan fingerprint density at radius 1 is 1.25 bits per heavy atom. The van der Waals surface area contributed by atoms with Gasteiger partial charge in [-0.2, -0.15) is 0 Å². The molecule has 1 unspecified atom stereocenters. The predicted octanol–water partition coefficient (Wildman–Crippen LogP) is 0.397. The van der Waals surface area contributed by atoms with Crippen molar-refractivity contribution in [1.82, 2.24) is 9.88 Å². The molecule has 1 aliphatic rings. The third-order valence-corrected chi connectivity index (χ3v) is 3.74. The van der Waals surface area contributed by atoms with Gasteiger partial charge < -0.3 is 0 Å². The summed E-state index contributed by atoms with van der Waals surface area (Å²) in [5.74, 6) is 0.982. The van der Waals surface area contributed by atoms with E-state index in [-0.39, 0.29) is 6.09 Å². The molecule has 2 heterocycles. The van der Waals surface area contributed by atoms with E-state index >= 15 is 0 Å². The van der Waals surface area contributed by atoms with E-state index < -0.39 is 5.60 Å². The molecule has 0 radical (unpaired) electrons. The standard InChI is InChI=1S/C14H22AsN3O2/c1-14(2,3)20-13(19)18-8-6-17(7-9-18)12-5-4-11(15)10-16-12/h4-5,10H,6-9,15H2,1-3H3. The fraction of sp³-hybridized carbons (Fsp3) is 0.571. The molecular weight excluding hydrogens is 317 g/mol. The van der Waals surface area contributed by atoms with Crippen LogP contribution in [0.25, 0.3) is 0 Å². The van der Waals surface area contributed by atoms with Crippen molar-refractivity contribution in [2.75, 3.05) is 31.1 Å². The fourth-order valence-electron chi connectivity index (χ4n) is 2.03. The van der Waals surface area contributed by atoms with Gasteiger partial charge in [0.2, 0.25) is 0 Å². The van der Waals surface area contributed by atoms with E-state index in [4.69, 9.17) is 4.74 Å². The molecule has 1 saturated heterocycles. The van der Waals surface area contributed by atoms with Crippen LogP contribution in [0.5, 0.6) is 0 Å². The van der Waals surface area contributed by atoms with Gasteiger partial charge in [-0.1, -0.05) is 0 Å². The second-order valence-corrected chi connectivity index (χ2v) is 7.30. The van der Waals surface area contributed by atoms with E-state index in [2.05, 4.69) is 16.0 Å². The summed E-state index contributed by atoms with van der Waals surface area (Å²) < 4.78 is 6.61. The third kappa shape index (κ3) is 4.14. The zero-order chi connectivity index (χ0) is 14.8. The quantitative estimate of drug-likeness (QED) is 0.695. The number of hydrogen-bond acceptors (Lipinski definition) is 4. The number of ether oxygens (including phenoxy) is 1.